The Bertz CT molecular complexity index is 974. The van der Waals surface area contributed by atoms with E-state index in [9.17, 15) is 4.39 Å². The number of rotatable bonds is 5. The van der Waals surface area contributed by atoms with E-state index < -0.39 is 5.82 Å². The molecular weight excluding hydrogens is 379 g/mol. The number of nitrogens with zero attached hydrogens (tertiary/aromatic N) is 3. The molecular formula is C20H22ClFN6. The molecule has 4 rings (SSSR count). The second-order valence-corrected chi connectivity index (χ2v) is 7.45. The minimum Gasteiger partial charge on any atom is -0.367 e. The van der Waals surface area contributed by atoms with E-state index in [2.05, 4.69) is 30.9 Å². The van der Waals surface area contributed by atoms with E-state index in [0.717, 1.165) is 42.4 Å². The number of benzene rings is 1. The van der Waals surface area contributed by atoms with Crippen LogP contribution in [0, 0.1) is 5.82 Å². The Morgan fingerprint density at radius 3 is 2.57 bits per heavy atom. The summed E-state index contributed by atoms with van der Waals surface area (Å²) in [6, 6.07) is 7.43. The molecule has 1 aliphatic carbocycles. The lowest BCUT2D eigenvalue weighted by molar-refractivity contribution is 0.371. The van der Waals surface area contributed by atoms with Crippen molar-refractivity contribution in [3.63, 3.8) is 0 Å². The summed E-state index contributed by atoms with van der Waals surface area (Å²) in [6.07, 6.45) is 7.82. The summed E-state index contributed by atoms with van der Waals surface area (Å²) in [5.74, 6) is 0.956. The number of halogens is 2. The van der Waals surface area contributed by atoms with Crippen molar-refractivity contribution in [2.24, 2.45) is 0 Å². The van der Waals surface area contributed by atoms with Crippen LogP contribution in [0.1, 0.15) is 25.7 Å². The number of aromatic nitrogens is 3. The van der Waals surface area contributed by atoms with Gasteiger partial charge in [-0.3, -0.25) is 0 Å². The molecule has 2 heterocycles. The molecule has 6 nitrogen and oxygen atoms in total. The van der Waals surface area contributed by atoms with E-state index >= 15 is 0 Å². The van der Waals surface area contributed by atoms with Crippen LogP contribution in [0.2, 0.25) is 5.02 Å². The largest absolute Gasteiger partial charge is 0.367 e. The third-order valence-electron chi connectivity index (χ3n) is 5.19. The number of fused-ring (bicyclic) bond motifs is 1. The monoisotopic (exact) mass is 400 g/mol. The normalized spacial score (nSPS) is 19.5. The summed E-state index contributed by atoms with van der Waals surface area (Å²) in [6.45, 7) is 0. The Balaban J connectivity index is 1.52. The maximum Gasteiger partial charge on any atom is 0.143 e. The van der Waals surface area contributed by atoms with Crippen LogP contribution in [0.3, 0.4) is 0 Å². The molecule has 0 radical (unpaired) electrons. The van der Waals surface area contributed by atoms with Crippen LogP contribution < -0.4 is 16.0 Å². The highest BCUT2D eigenvalue weighted by Crippen LogP contribution is 2.27. The average Bonchev–Trinajstić information content (AvgIpc) is 2.71. The molecule has 1 aromatic carbocycles. The van der Waals surface area contributed by atoms with Gasteiger partial charge in [0.2, 0.25) is 0 Å². The highest BCUT2D eigenvalue weighted by molar-refractivity contribution is 6.31. The number of hydrogen-bond acceptors (Lipinski definition) is 6. The van der Waals surface area contributed by atoms with Gasteiger partial charge in [0.1, 0.15) is 23.8 Å². The third-order valence-corrected chi connectivity index (χ3v) is 5.48. The SMILES string of the molecule is CNC1CCC(Nc2cc3ncnc(Nc4ccc(F)c(Cl)c4)c3cn2)CC1. The molecule has 0 unspecified atom stereocenters. The average molecular weight is 401 g/mol. The molecule has 3 aromatic rings. The van der Waals surface area contributed by atoms with Crippen molar-refractivity contribution in [2.45, 2.75) is 37.8 Å². The van der Waals surface area contributed by atoms with Gasteiger partial charge in [-0.15, -0.1) is 0 Å². The highest BCUT2D eigenvalue weighted by Gasteiger charge is 2.20. The molecule has 0 bridgehead atoms. The van der Waals surface area contributed by atoms with Crippen molar-refractivity contribution < 1.29 is 4.39 Å². The van der Waals surface area contributed by atoms with Crippen molar-refractivity contribution in [1.82, 2.24) is 20.3 Å². The molecule has 146 valence electrons. The zero-order chi connectivity index (χ0) is 19.5. The van der Waals surface area contributed by atoms with Crippen molar-refractivity contribution in [1.29, 1.82) is 0 Å². The fourth-order valence-electron chi connectivity index (χ4n) is 3.58. The van der Waals surface area contributed by atoms with Crippen LogP contribution in [-0.4, -0.2) is 34.1 Å². The molecule has 0 atom stereocenters. The maximum absolute atomic E-state index is 13.4. The lowest BCUT2D eigenvalue weighted by Crippen LogP contribution is -2.35. The maximum atomic E-state index is 13.4. The van der Waals surface area contributed by atoms with Crippen molar-refractivity contribution in [3.05, 3.63) is 47.6 Å². The zero-order valence-electron chi connectivity index (χ0n) is 15.5. The number of nitrogens with one attached hydrogen (secondary N) is 3. The van der Waals surface area contributed by atoms with Crippen LogP contribution in [0.25, 0.3) is 10.9 Å². The smallest absolute Gasteiger partial charge is 0.143 e. The standard InChI is InChI=1S/C20H22ClFN6/c1-23-12-2-4-13(5-3-12)27-19-9-18-15(10-24-19)20(26-11-25-18)28-14-6-7-17(22)16(21)8-14/h6-13,23H,2-5H2,1H3,(H,24,27)(H,25,26,28). The quantitative estimate of drug-likeness (QED) is 0.585. The first-order valence-corrected chi connectivity index (χ1v) is 9.77. The van der Waals surface area contributed by atoms with Gasteiger partial charge in [0.25, 0.3) is 0 Å². The fraction of sp³-hybridized carbons (Fsp3) is 0.350. The molecule has 1 fully saturated rings. The molecule has 1 saturated carbocycles. The van der Waals surface area contributed by atoms with Gasteiger partial charge in [-0.2, -0.15) is 0 Å². The molecule has 1 aliphatic rings. The lowest BCUT2D eigenvalue weighted by Gasteiger charge is -2.29. The van der Waals surface area contributed by atoms with E-state index in [1.54, 1.807) is 12.3 Å². The first-order valence-electron chi connectivity index (χ1n) is 9.39. The lowest BCUT2D eigenvalue weighted by atomic mass is 9.91. The van der Waals surface area contributed by atoms with E-state index in [0.29, 0.717) is 23.6 Å². The van der Waals surface area contributed by atoms with Crippen molar-refractivity contribution in [2.75, 3.05) is 17.7 Å². The van der Waals surface area contributed by atoms with Crippen LogP contribution in [0.4, 0.5) is 21.7 Å². The molecule has 0 spiro atoms. The predicted octanol–water partition coefficient (Wildman–Crippen LogP) is 4.50. The van der Waals surface area contributed by atoms with Crippen molar-refractivity contribution >= 4 is 39.8 Å². The summed E-state index contributed by atoms with van der Waals surface area (Å²) in [4.78, 5) is 13.2. The van der Waals surface area contributed by atoms with E-state index in [-0.39, 0.29) is 5.02 Å². The van der Waals surface area contributed by atoms with E-state index in [1.807, 2.05) is 13.1 Å². The van der Waals surface area contributed by atoms with Gasteiger partial charge < -0.3 is 16.0 Å². The summed E-state index contributed by atoms with van der Waals surface area (Å²) in [5, 5.41) is 10.9. The van der Waals surface area contributed by atoms with Crippen LogP contribution in [0.15, 0.2) is 36.8 Å². The Morgan fingerprint density at radius 1 is 1.04 bits per heavy atom. The first kappa shape index (κ1) is 18.8. The van der Waals surface area contributed by atoms with Gasteiger partial charge in [-0.25, -0.2) is 19.3 Å². The molecule has 8 heteroatoms. The second-order valence-electron chi connectivity index (χ2n) is 7.04. The fourth-order valence-corrected chi connectivity index (χ4v) is 3.76. The molecule has 2 aromatic heterocycles. The zero-order valence-corrected chi connectivity index (χ0v) is 16.3. The van der Waals surface area contributed by atoms with Gasteiger partial charge in [-0.05, 0) is 50.9 Å². The summed E-state index contributed by atoms with van der Waals surface area (Å²) in [7, 11) is 2.02. The second kappa shape index (κ2) is 8.24. The molecule has 28 heavy (non-hydrogen) atoms. The van der Waals surface area contributed by atoms with Crippen LogP contribution >= 0.6 is 11.6 Å². The van der Waals surface area contributed by atoms with Gasteiger partial charge in [-0.1, -0.05) is 11.6 Å². The van der Waals surface area contributed by atoms with Gasteiger partial charge in [0, 0.05) is 30.0 Å². The van der Waals surface area contributed by atoms with E-state index in [4.69, 9.17) is 11.6 Å². The molecule has 0 amide bonds. The van der Waals surface area contributed by atoms with Crippen LogP contribution in [-0.2, 0) is 0 Å². The third kappa shape index (κ3) is 4.15. The van der Waals surface area contributed by atoms with Gasteiger partial charge in [0.15, 0.2) is 0 Å². The molecule has 0 saturated heterocycles. The molecule has 0 aliphatic heterocycles. The summed E-state index contributed by atoms with van der Waals surface area (Å²) >= 11 is 5.86. The number of anilines is 3. The van der Waals surface area contributed by atoms with Crippen molar-refractivity contribution in [3.8, 4) is 0 Å². The Hall–Kier alpha value is -2.51. The van der Waals surface area contributed by atoms with Gasteiger partial charge >= 0.3 is 0 Å². The number of hydrogen-bond donors (Lipinski definition) is 3. The first-order chi connectivity index (χ1) is 13.6. The minimum atomic E-state index is -0.458. The predicted molar refractivity (Wildman–Crippen MR) is 111 cm³/mol. The van der Waals surface area contributed by atoms with Crippen LogP contribution in [0.5, 0.6) is 0 Å². The summed E-state index contributed by atoms with van der Waals surface area (Å²) in [5.41, 5.74) is 1.43. The van der Waals surface area contributed by atoms with Gasteiger partial charge in [0.05, 0.1) is 15.9 Å². The Morgan fingerprint density at radius 2 is 1.82 bits per heavy atom. The highest BCUT2D eigenvalue weighted by atomic mass is 35.5. The topological polar surface area (TPSA) is 74.8 Å². The Labute approximate surface area is 167 Å². The Kier molecular flexibility index (Phi) is 5.54. The molecule has 3 N–H and O–H groups in total. The van der Waals surface area contributed by atoms with E-state index in [1.165, 1.54) is 18.5 Å². The minimum absolute atomic E-state index is 0.0565. The summed E-state index contributed by atoms with van der Waals surface area (Å²) < 4.78 is 13.4. The number of pyridine rings is 1.